The van der Waals surface area contributed by atoms with Crippen LogP contribution in [0.4, 0.5) is 8.78 Å². The van der Waals surface area contributed by atoms with Crippen molar-refractivity contribution in [3.63, 3.8) is 0 Å². The fraction of sp³-hybridized carbons (Fsp3) is 0.125. The Labute approximate surface area is 136 Å². The molecule has 0 saturated heterocycles. The normalized spacial score (nSPS) is 11.2. The van der Waals surface area contributed by atoms with Crippen LogP contribution in [-0.2, 0) is 0 Å². The van der Waals surface area contributed by atoms with Gasteiger partial charge in [-0.1, -0.05) is 17.7 Å². The lowest BCUT2D eigenvalue weighted by Gasteiger charge is -2.12. The number of halogens is 3. The summed E-state index contributed by atoms with van der Waals surface area (Å²) in [4.78, 5) is 4.09. The van der Waals surface area contributed by atoms with Crippen LogP contribution in [0.15, 0.2) is 36.5 Å². The summed E-state index contributed by atoms with van der Waals surface area (Å²) in [5.74, 6) is -0.208. The fourth-order valence-corrected chi connectivity index (χ4v) is 2.14. The van der Waals surface area contributed by atoms with Gasteiger partial charge in [0.05, 0.1) is 23.4 Å². The summed E-state index contributed by atoms with van der Waals surface area (Å²) in [6.07, 6.45) is 3.09. The molecule has 0 saturated carbocycles. The predicted molar refractivity (Wildman–Crippen MR) is 82.4 cm³/mol. The second-order valence-electron chi connectivity index (χ2n) is 4.30. The van der Waals surface area contributed by atoms with Gasteiger partial charge in [-0.2, -0.15) is 14.0 Å². The Kier molecular flexibility index (Phi) is 5.50. The van der Waals surface area contributed by atoms with Crippen molar-refractivity contribution < 1.29 is 18.3 Å². The Morgan fingerprint density at radius 3 is 2.74 bits per heavy atom. The van der Waals surface area contributed by atoms with Crippen molar-refractivity contribution in [3.8, 4) is 17.6 Å². The summed E-state index contributed by atoms with van der Waals surface area (Å²) in [6, 6.07) is 10.1. The molecule has 2 aromatic rings. The van der Waals surface area contributed by atoms with Crippen LogP contribution in [-0.4, -0.2) is 18.7 Å². The summed E-state index contributed by atoms with van der Waals surface area (Å²) in [6.45, 7) is -3.02. The highest BCUT2D eigenvalue weighted by atomic mass is 35.5. The minimum Gasteiger partial charge on any atom is -0.493 e. The molecule has 7 heteroatoms. The molecule has 0 N–H and O–H groups in total. The summed E-state index contributed by atoms with van der Waals surface area (Å²) in [5, 5.41) is 9.22. The predicted octanol–water partition coefficient (Wildman–Crippen LogP) is 4.41. The van der Waals surface area contributed by atoms with Crippen LogP contribution in [0.1, 0.15) is 11.3 Å². The largest absolute Gasteiger partial charge is 0.493 e. The average Bonchev–Trinajstić information content (AvgIpc) is 2.55. The van der Waals surface area contributed by atoms with E-state index in [9.17, 15) is 14.0 Å². The first kappa shape index (κ1) is 16.7. The molecule has 0 atom stereocenters. The molecule has 0 unspecified atom stereocenters. The molecule has 0 aliphatic carbocycles. The highest BCUT2D eigenvalue weighted by molar-refractivity contribution is 6.32. The second-order valence-corrected chi connectivity index (χ2v) is 4.70. The maximum absolute atomic E-state index is 12.4. The molecule has 1 aromatic carbocycles. The van der Waals surface area contributed by atoms with Gasteiger partial charge in [0.15, 0.2) is 11.5 Å². The molecule has 1 aromatic heterocycles. The number of hydrogen-bond acceptors (Lipinski definition) is 4. The Bertz CT molecular complexity index is 759. The van der Waals surface area contributed by atoms with Gasteiger partial charge in [-0.05, 0) is 35.9 Å². The highest BCUT2D eigenvalue weighted by Gasteiger charge is 2.16. The molecule has 118 valence electrons. The molecule has 0 amide bonds. The highest BCUT2D eigenvalue weighted by Crippen LogP contribution is 2.38. The van der Waals surface area contributed by atoms with Gasteiger partial charge in [0, 0.05) is 6.20 Å². The summed E-state index contributed by atoms with van der Waals surface area (Å²) < 4.78 is 34.2. The standard InChI is InChI=1S/C16H11ClF2N2O2/c1-22-14-8-10(7-12(17)15(14)23-16(18)19)6-11(9-20)13-4-2-3-5-21-13/h2-8,16H,1H3. The zero-order valence-electron chi connectivity index (χ0n) is 12.0. The molecular weight excluding hydrogens is 326 g/mol. The number of allylic oxidation sites excluding steroid dienone is 1. The van der Waals surface area contributed by atoms with Gasteiger partial charge >= 0.3 is 6.61 Å². The van der Waals surface area contributed by atoms with E-state index in [0.29, 0.717) is 16.8 Å². The van der Waals surface area contributed by atoms with Crippen LogP contribution in [0, 0.1) is 11.3 Å². The van der Waals surface area contributed by atoms with Crippen molar-refractivity contribution in [2.75, 3.05) is 7.11 Å². The lowest BCUT2D eigenvalue weighted by atomic mass is 10.1. The third-order valence-corrected chi connectivity index (χ3v) is 3.11. The zero-order chi connectivity index (χ0) is 16.8. The molecule has 0 radical (unpaired) electrons. The third kappa shape index (κ3) is 4.18. The van der Waals surface area contributed by atoms with Gasteiger partial charge in [0.25, 0.3) is 0 Å². The van der Waals surface area contributed by atoms with Crippen LogP contribution >= 0.6 is 11.6 Å². The Balaban J connectivity index is 2.46. The van der Waals surface area contributed by atoms with E-state index in [4.69, 9.17) is 16.3 Å². The molecule has 0 aliphatic heterocycles. The number of ether oxygens (including phenoxy) is 2. The van der Waals surface area contributed by atoms with Crippen molar-refractivity contribution in [3.05, 3.63) is 52.8 Å². The molecule has 0 bridgehead atoms. The molecule has 2 rings (SSSR count). The first-order chi connectivity index (χ1) is 11.0. The van der Waals surface area contributed by atoms with Crippen LogP contribution in [0.25, 0.3) is 11.6 Å². The van der Waals surface area contributed by atoms with Gasteiger partial charge in [-0.3, -0.25) is 4.98 Å². The molecule has 4 nitrogen and oxygen atoms in total. The Morgan fingerprint density at radius 2 is 2.17 bits per heavy atom. The van der Waals surface area contributed by atoms with E-state index < -0.39 is 6.61 Å². The minimum absolute atomic E-state index is 0.0439. The van der Waals surface area contributed by atoms with E-state index in [0.717, 1.165) is 0 Å². The number of rotatable bonds is 5. The maximum atomic E-state index is 12.4. The molecule has 1 heterocycles. The van der Waals surface area contributed by atoms with Gasteiger partial charge in [-0.25, -0.2) is 0 Å². The average molecular weight is 337 g/mol. The molecule has 0 aliphatic rings. The van der Waals surface area contributed by atoms with Gasteiger partial charge in [0.1, 0.15) is 6.07 Å². The monoisotopic (exact) mass is 336 g/mol. The number of methoxy groups -OCH3 is 1. The summed E-state index contributed by atoms with van der Waals surface area (Å²) in [5.41, 5.74) is 1.28. The van der Waals surface area contributed by atoms with Crippen molar-refractivity contribution in [2.24, 2.45) is 0 Å². The lowest BCUT2D eigenvalue weighted by Crippen LogP contribution is -2.04. The van der Waals surface area contributed by atoms with E-state index in [1.165, 1.54) is 25.3 Å². The van der Waals surface area contributed by atoms with E-state index in [-0.39, 0.29) is 16.5 Å². The number of hydrogen-bond donors (Lipinski definition) is 0. The van der Waals surface area contributed by atoms with Gasteiger partial charge in [0.2, 0.25) is 0 Å². The molecule has 0 fully saturated rings. The SMILES string of the molecule is COc1cc(C=C(C#N)c2ccccn2)cc(Cl)c1OC(F)F. The molecule has 23 heavy (non-hydrogen) atoms. The maximum Gasteiger partial charge on any atom is 0.387 e. The Hall–Kier alpha value is -2.65. The second kappa shape index (κ2) is 7.56. The van der Waals surface area contributed by atoms with Crippen molar-refractivity contribution in [1.82, 2.24) is 4.98 Å². The Morgan fingerprint density at radius 1 is 1.39 bits per heavy atom. The number of pyridine rings is 1. The van der Waals surface area contributed by atoms with E-state index in [1.807, 2.05) is 6.07 Å². The van der Waals surface area contributed by atoms with Crippen LogP contribution in [0.2, 0.25) is 5.02 Å². The van der Waals surface area contributed by atoms with E-state index in [1.54, 1.807) is 24.4 Å². The smallest absolute Gasteiger partial charge is 0.387 e. The quantitative estimate of drug-likeness (QED) is 0.759. The fourth-order valence-electron chi connectivity index (χ4n) is 1.88. The topological polar surface area (TPSA) is 55.1 Å². The van der Waals surface area contributed by atoms with Crippen LogP contribution in [0.3, 0.4) is 0 Å². The van der Waals surface area contributed by atoms with Gasteiger partial charge < -0.3 is 9.47 Å². The summed E-state index contributed by atoms with van der Waals surface area (Å²) >= 11 is 5.96. The van der Waals surface area contributed by atoms with Crippen molar-refractivity contribution in [1.29, 1.82) is 5.26 Å². The number of nitriles is 1. The number of alkyl halides is 2. The van der Waals surface area contributed by atoms with E-state index in [2.05, 4.69) is 9.72 Å². The summed E-state index contributed by atoms with van der Waals surface area (Å²) in [7, 11) is 1.31. The van der Waals surface area contributed by atoms with Crippen molar-refractivity contribution in [2.45, 2.75) is 6.61 Å². The molecule has 0 spiro atoms. The van der Waals surface area contributed by atoms with Gasteiger partial charge in [-0.15, -0.1) is 0 Å². The third-order valence-electron chi connectivity index (χ3n) is 2.83. The lowest BCUT2D eigenvalue weighted by molar-refractivity contribution is -0.0511. The van der Waals surface area contributed by atoms with E-state index >= 15 is 0 Å². The van der Waals surface area contributed by atoms with Crippen LogP contribution in [0.5, 0.6) is 11.5 Å². The van der Waals surface area contributed by atoms with Crippen LogP contribution < -0.4 is 9.47 Å². The number of aromatic nitrogens is 1. The number of nitrogens with zero attached hydrogens (tertiary/aromatic N) is 2. The first-order valence-corrected chi connectivity index (χ1v) is 6.78. The number of benzene rings is 1. The minimum atomic E-state index is -3.02. The molecular formula is C16H11ClF2N2O2. The van der Waals surface area contributed by atoms with Crippen molar-refractivity contribution >= 4 is 23.3 Å². The first-order valence-electron chi connectivity index (χ1n) is 6.40. The zero-order valence-corrected chi connectivity index (χ0v) is 12.7.